The van der Waals surface area contributed by atoms with Crippen LogP contribution in [-0.2, 0) is 12.2 Å². The molecule has 4 rings (SSSR count). The molecule has 1 N–H and O–H groups in total. The minimum atomic E-state index is 0.507. The van der Waals surface area contributed by atoms with Crippen molar-refractivity contribution >= 4 is 23.1 Å². The van der Waals surface area contributed by atoms with E-state index in [0.717, 1.165) is 23.6 Å². The predicted octanol–water partition coefficient (Wildman–Crippen LogP) is 3.81. The number of methoxy groups -OCH3 is 1. The number of hydrogen-bond donors (Lipinski definition) is 1. The van der Waals surface area contributed by atoms with Crippen molar-refractivity contribution in [3.63, 3.8) is 0 Å². The number of nitrogens with one attached hydrogen (secondary N) is 1. The molecule has 0 saturated heterocycles. The standard InChI is InChI=1S/C17H15N5O2S2/c1-23-12-5-2-4-11(8-12)16-19-15(24-22-16)10-26-17-18-14(20-21-17)9-13-6-3-7-25-13/h2-8H,9-10H2,1H3,(H,18,20,21). The Kier molecular flexibility index (Phi) is 4.98. The van der Waals surface area contributed by atoms with Gasteiger partial charge in [-0.25, -0.2) is 4.98 Å². The van der Waals surface area contributed by atoms with Gasteiger partial charge in [-0.2, -0.15) is 4.98 Å². The first-order chi connectivity index (χ1) is 12.8. The number of nitrogens with zero attached hydrogens (tertiary/aromatic N) is 4. The zero-order valence-electron chi connectivity index (χ0n) is 13.9. The quantitative estimate of drug-likeness (QED) is 0.484. The fraction of sp³-hybridized carbons (Fsp3) is 0.176. The first-order valence-electron chi connectivity index (χ1n) is 7.83. The zero-order valence-corrected chi connectivity index (χ0v) is 15.5. The Hall–Kier alpha value is -2.65. The van der Waals surface area contributed by atoms with Crippen molar-refractivity contribution < 1.29 is 9.26 Å². The van der Waals surface area contributed by atoms with Crippen LogP contribution < -0.4 is 4.74 Å². The van der Waals surface area contributed by atoms with E-state index in [2.05, 4.69) is 36.8 Å². The van der Waals surface area contributed by atoms with E-state index in [4.69, 9.17) is 9.26 Å². The average Bonchev–Trinajstić information content (AvgIpc) is 3.43. The molecular formula is C17H15N5O2S2. The molecule has 4 aromatic rings. The van der Waals surface area contributed by atoms with Gasteiger partial charge in [0.25, 0.3) is 0 Å². The van der Waals surface area contributed by atoms with Crippen molar-refractivity contribution in [1.29, 1.82) is 0 Å². The minimum absolute atomic E-state index is 0.507. The van der Waals surface area contributed by atoms with Crippen LogP contribution in [0.1, 0.15) is 16.6 Å². The van der Waals surface area contributed by atoms with Crippen molar-refractivity contribution in [1.82, 2.24) is 25.3 Å². The monoisotopic (exact) mass is 385 g/mol. The zero-order chi connectivity index (χ0) is 17.8. The summed E-state index contributed by atoms with van der Waals surface area (Å²) in [7, 11) is 1.63. The predicted molar refractivity (Wildman–Crippen MR) is 99.4 cm³/mol. The van der Waals surface area contributed by atoms with Crippen LogP contribution in [0.2, 0.25) is 0 Å². The summed E-state index contributed by atoms with van der Waals surface area (Å²) in [5.41, 5.74) is 0.848. The topological polar surface area (TPSA) is 89.7 Å². The lowest BCUT2D eigenvalue weighted by molar-refractivity contribution is 0.391. The second kappa shape index (κ2) is 7.71. The van der Waals surface area contributed by atoms with E-state index < -0.39 is 0 Å². The fourth-order valence-electron chi connectivity index (χ4n) is 2.32. The van der Waals surface area contributed by atoms with Crippen molar-refractivity contribution in [3.05, 3.63) is 58.4 Å². The van der Waals surface area contributed by atoms with Crippen LogP contribution >= 0.6 is 23.1 Å². The molecule has 0 spiro atoms. The van der Waals surface area contributed by atoms with Gasteiger partial charge in [0, 0.05) is 16.9 Å². The normalized spacial score (nSPS) is 11.0. The molecule has 3 heterocycles. The van der Waals surface area contributed by atoms with E-state index in [1.807, 2.05) is 30.3 Å². The highest BCUT2D eigenvalue weighted by Gasteiger charge is 2.12. The van der Waals surface area contributed by atoms with Gasteiger partial charge in [-0.3, -0.25) is 5.10 Å². The van der Waals surface area contributed by atoms with Crippen LogP contribution in [0.5, 0.6) is 5.75 Å². The summed E-state index contributed by atoms with van der Waals surface area (Å²) in [6.07, 6.45) is 0.756. The van der Waals surface area contributed by atoms with E-state index in [0.29, 0.717) is 22.6 Å². The van der Waals surface area contributed by atoms with Crippen molar-refractivity contribution in [2.75, 3.05) is 7.11 Å². The molecular weight excluding hydrogens is 370 g/mol. The lowest BCUT2D eigenvalue weighted by Crippen LogP contribution is -1.87. The largest absolute Gasteiger partial charge is 0.497 e. The molecule has 0 radical (unpaired) electrons. The maximum absolute atomic E-state index is 5.32. The number of aromatic nitrogens is 5. The summed E-state index contributed by atoms with van der Waals surface area (Å²) in [5, 5.41) is 13.9. The van der Waals surface area contributed by atoms with E-state index in [9.17, 15) is 0 Å². The molecule has 0 bridgehead atoms. The summed E-state index contributed by atoms with van der Waals surface area (Å²) < 4.78 is 10.5. The third-order valence-corrected chi connectivity index (χ3v) is 5.26. The molecule has 0 aliphatic rings. The Bertz CT molecular complexity index is 981. The molecule has 9 heteroatoms. The van der Waals surface area contributed by atoms with Crippen LogP contribution in [0.15, 0.2) is 51.5 Å². The number of thiophene rings is 1. The maximum atomic E-state index is 5.32. The molecule has 0 aliphatic heterocycles. The van der Waals surface area contributed by atoms with Crippen LogP contribution in [0.4, 0.5) is 0 Å². The second-order valence-corrected chi connectivity index (χ2v) is 7.33. The molecule has 1 aromatic carbocycles. The fourth-order valence-corrected chi connectivity index (χ4v) is 3.68. The van der Waals surface area contributed by atoms with Gasteiger partial charge in [0.05, 0.1) is 12.9 Å². The van der Waals surface area contributed by atoms with Crippen molar-refractivity contribution in [2.24, 2.45) is 0 Å². The summed E-state index contributed by atoms with van der Waals surface area (Å²) in [6.45, 7) is 0. The van der Waals surface area contributed by atoms with Crippen LogP contribution in [0.3, 0.4) is 0 Å². The van der Waals surface area contributed by atoms with Crippen LogP contribution in [0, 0.1) is 0 Å². The Morgan fingerprint density at radius 1 is 1.23 bits per heavy atom. The highest BCUT2D eigenvalue weighted by atomic mass is 32.2. The summed E-state index contributed by atoms with van der Waals surface area (Å²) in [6, 6.07) is 11.7. The number of H-pyrrole nitrogens is 1. The lowest BCUT2D eigenvalue weighted by Gasteiger charge is -1.99. The second-order valence-electron chi connectivity index (χ2n) is 5.35. The summed E-state index contributed by atoms with van der Waals surface area (Å²) >= 11 is 3.16. The minimum Gasteiger partial charge on any atom is -0.497 e. The first-order valence-corrected chi connectivity index (χ1v) is 9.70. The summed E-state index contributed by atoms with van der Waals surface area (Å²) in [4.78, 5) is 10.2. The van der Waals surface area contributed by atoms with Gasteiger partial charge in [-0.15, -0.1) is 16.4 Å². The van der Waals surface area contributed by atoms with E-state index in [1.165, 1.54) is 16.6 Å². The number of thioether (sulfide) groups is 1. The highest BCUT2D eigenvalue weighted by molar-refractivity contribution is 7.98. The Balaban J connectivity index is 1.38. The number of ether oxygens (including phenoxy) is 1. The number of benzene rings is 1. The SMILES string of the molecule is COc1cccc(-c2noc(CSc3n[nH]c(Cc4cccs4)n3)n2)c1. The van der Waals surface area contributed by atoms with E-state index >= 15 is 0 Å². The van der Waals surface area contributed by atoms with Crippen molar-refractivity contribution in [3.8, 4) is 17.1 Å². The van der Waals surface area contributed by atoms with Crippen LogP contribution in [-0.4, -0.2) is 32.4 Å². The molecule has 7 nitrogen and oxygen atoms in total. The Labute approximate surface area is 157 Å². The van der Waals surface area contributed by atoms with Gasteiger partial charge in [0.2, 0.25) is 16.9 Å². The molecule has 3 aromatic heterocycles. The third-order valence-electron chi connectivity index (χ3n) is 3.55. The molecule has 132 valence electrons. The molecule has 0 unspecified atom stereocenters. The Morgan fingerprint density at radius 3 is 3.04 bits per heavy atom. The number of hydrogen-bond acceptors (Lipinski definition) is 8. The lowest BCUT2D eigenvalue weighted by atomic mass is 10.2. The third kappa shape index (κ3) is 3.94. The molecule has 0 saturated carbocycles. The smallest absolute Gasteiger partial charge is 0.237 e. The van der Waals surface area contributed by atoms with Gasteiger partial charge < -0.3 is 9.26 Å². The first kappa shape index (κ1) is 16.8. The number of rotatable bonds is 7. The highest BCUT2D eigenvalue weighted by Crippen LogP contribution is 2.24. The van der Waals surface area contributed by atoms with Crippen LogP contribution in [0.25, 0.3) is 11.4 Å². The Morgan fingerprint density at radius 2 is 2.19 bits per heavy atom. The van der Waals surface area contributed by atoms with Gasteiger partial charge in [0.1, 0.15) is 11.6 Å². The average molecular weight is 385 g/mol. The van der Waals surface area contributed by atoms with Gasteiger partial charge in [-0.05, 0) is 23.6 Å². The maximum Gasteiger partial charge on any atom is 0.237 e. The number of aromatic amines is 1. The molecule has 0 aliphatic carbocycles. The molecule has 0 amide bonds. The van der Waals surface area contributed by atoms with E-state index in [-0.39, 0.29) is 0 Å². The molecule has 0 atom stereocenters. The van der Waals surface area contributed by atoms with Gasteiger partial charge in [0.15, 0.2) is 0 Å². The summed E-state index contributed by atoms with van der Waals surface area (Å²) in [5.74, 6) is 3.16. The van der Waals surface area contributed by atoms with E-state index in [1.54, 1.807) is 18.4 Å². The van der Waals surface area contributed by atoms with Gasteiger partial charge >= 0.3 is 0 Å². The van der Waals surface area contributed by atoms with Gasteiger partial charge in [-0.1, -0.05) is 35.1 Å². The molecule has 0 fully saturated rings. The van der Waals surface area contributed by atoms with Crippen molar-refractivity contribution in [2.45, 2.75) is 17.3 Å². The molecule has 26 heavy (non-hydrogen) atoms.